The third-order valence-electron chi connectivity index (χ3n) is 2.25. The molecule has 1 atom stereocenters. The molecule has 14 heavy (non-hydrogen) atoms. The average Bonchev–Trinajstić information content (AvgIpc) is 2.17. The zero-order valence-corrected chi connectivity index (χ0v) is 10.1. The van der Waals surface area contributed by atoms with E-state index in [-0.39, 0.29) is 5.25 Å². The number of thioether (sulfide) groups is 1. The predicted molar refractivity (Wildman–Crippen MR) is 61.6 cm³/mol. The van der Waals surface area contributed by atoms with Gasteiger partial charge in [-0.3, -0.25) is 4.79 Å². The first-order valence-electron chi connectivity index (χ1n) is 5.26. The summed E-state index contributed by atoms with van der Waals surface area (Å²) in [5.41, 5.74) is 0. The number of hydrogen-bond donors (Lipinski definition) is 1. The number of piperazine rings is 1. The van der Waals surface area contributed by atoms with Gasteiger partial charge in [-0.2, -0.15) is 0 Å². The van der Waals surface area contributed by atoms with E-state index in [1.807, 2.05) is 11.8 Å². The van der Waals surface area contributed by atoms with Crippen LogP contribution in [0, 0.1) is 0 Å². The number of carbonyl (C=O) groups excluding carboxylic acids is 1. The van der Waals surface area contributed by atoms with Crippen LogP contribution in [0.2, 0.25) is 0 Å². The molecule has 0 radical (unpaired) electrons. The summed E-state index contributed by atoms with van der Waals surface area (Å²) in [5, 5.41) is 3.88. The third kappa shape index (κ3) is 3.50. The maximum Gasteiger partial charge on any atom is 0.235 e. The van der Waals surface area contributed by atoms with Crippen molar-refractivity contribution in [1.82, 2.24) is 10.2 Å². The number of nitrogens with one attached hydrogen (secondary N) is 1. The van der Waals surface area contributed by atoms with Crippen molar-refractivity contribution in [3.63, 3.8) is 0 Å². The van der Waals surface area contributed by atoms with E-state index in [0.717, 1.165) is 26.2 Å². The molecular weight excluding hydrogens is 196 g/mol. The van der Waals surface area contributed by atoms with Crippen molar-refractivity contribution in [1.29, 1.82) is 0 Å². The molecule has 1 rings (SSSR count). The van der Waals surface area contributed by atoms with Gasteiger partial charge in [0.15, 0.2) is 0 Å². The minimum absolute atomic E-state index is 0.105. The summed E-state index contributed by atoms with van der Waals surface area (Å²) >= 11 is 1.74. The highest BCUT2D eigenvalue weighted by molar-refractivity contribution is 8.01. The smallest absolute Gasteiger partial charge is 0.235 e. The highest BCUT2D eigenvalue weighted by Gasteiger charge is 2.22. The maximum absolute atomic E-state index is 11.9. The number of carbonyl (C=O) groups is 1. The van der Waals surface area contributed by atoms with Gasteiger partial charge in [0.2, 0.25) is 5.91 Å². The molecule has 0 aromatic carbocycles. The first-order chi connectivity index (χ1) is 6.61. The standard InChI is InChI=1S/C10H20N2OS/c1-8(2)14-9(3)10(13)12-6-4-11-5-7-12/h8-9,11H,4-7H2,1-3H3. The summed E-state index contributed by atoms with van der Waals surface area (Å²) < 4.78 is 0. The van der Waals surface area contributed by atoms with Crippen LogP contribution in [0.4, 0.5) is 0 Å². The van der Waals surface area contributed by atoms with Crippen molar-refractivity contribution in [2.75, 3.05) is 26.2 Å². The molecule has 1 unspecified atom stereocenters. The van der Waals surface area contributed by atoms with E-state index in [2.05, 4.69) is 19.2 Å². The summed E-state index contributed by atoms with van der Waals surface area (Å²) in [7, 11) is 0. The minimum atomic E-state index is 0.105. The molecule has 3 nitrogen and oxygen atoms in total. The average molecular weight is 216 g/mol. The molecule has 82 valence electrons. The Kier molecular flexibility index (Phi) is 4.75. The SMILES string of the molecule is CC(C)SC(C)C(=O)N1CCNCC1. The predicted octanol–water partition coefficient (Wildman–Crippen LogP) is 0.948. The summed E-state index contributed by atoms with van der Waals surface area (Å²) in [6, 6.07) is 0. The number of amides is 1. The van der Waals surface area contributed by atoms with Gasteiger partial charge in [-0.15, -0.1) is 11.8 Å². The summed E-state index contributed by atoms with van der Waals surface area (Å²) in [4.78, 5) is 13.9. The normalized spacial score (nSPS) is 19.9. The van der Waals surface area contributed by atoms with Gasteiger partial charge < -0.3 is 10.2 Å². The molecule has 1 N–H and O–H groups in total. The number of nitrogens with zero attached hydrogens (tertiary/aromatic N) is 1. The molecule has 0 saturated carbocycles. The van der Waals surface area contributed by atoms with Crippen molar-refractivity contribution < 1.29 is 4.79 Å². The fourth-order valence-electron chi connectivity index (χ4n) is 1.61. The van der Waals surface area contributed by atoms with E-state index in [0.29, 0.717) is 11.2 Å². The van der Waals surface area contributed by atoms with Crippen LogP contribution in [0.15, 0.2) is 0 Å². The molecule has 1 aliphatic rings. The second-order valence-electron chi connectivity index (χ2n) is 3.90. The second-order valence-corrected chi connectivity index (χ2v) is 5.82. The van der Waals surface area contributed by atoms with Crippen LogP contribution in [0.25, 0.3) is 0 Å². The van der Waals surface area contributed by atoms with E-state index < -0.39 is 0 Å². The summed E-state index contributed by atoms with van der Waals surface area (Å²) in [6.45, 7) is 9.87. The zero-order chi connectivity index (χ0) is 10.6. The molecule has 0 aliphatic carbocycles. The van der Waals surface area contributed by atoms with Crippen molar-refractivity contribution in [2.45, 2.75) is 31.3 Å². The van der Waals surface area contributed by atoms with Crippen LogP contribution in [-0.2, 0) is 4.79 Å². The van der Waals surface area contributed by atoms with Gasteiger partial charge in [-0.1, -0.05) is 13.8 Å². The van der Waals surface area contributed by atoms with E-state index in [1.54, 1.807) is 11.8 Å². The van der Waals surface area contributed by atoms with Crippen molar-refractivity contribution in [3.8, 4) is 0 Å². The van der Waals surface area contributed by atoms with Crippen LogP contribution in [0.1, 0.15) is 20.8 Å². The molecule has 0 aromatic rings. The van der Waals surface area contributed by atoms with E-state index >= 15 is 0 Å². The lowest BCUT2D eigenvalue weighted by Gasteiger charge is -2.30. The Bertz CT molecular complexity index is 191. The Morgan fingerprint density at radius 2 is 1.86 bits per heavy atom. The molecule has 4 heteroatoms. The molecule has 1 fully saturated rings. The summed E-state index contributed by atoms with van der Waals surface area (Å²) in [6.07, 6.45) is 0. The molecule has 0 bridgehead atoms. The Balaban J connectivity index is 2.38. The van der Waals surface area contributed by atoms with Gasteiger partial charge in [-0.05, 0) is 12.2 Å². The second kappa shape index (κ2) is 5.61. The molecule has 1 heterocycles. The fraction of sp³-hybridized carbons (Fsp3) is 0.900. The Morgan fingerprint density at radius 1 is 1.29 bits per heavy atom. The van der Waals surface area contributed by atoms with E-state index in [9.17, 15) is 4.79 Å². The maximum atomic E-state index is 11.9. The van der Waals surface area contributed by atoms with Crippen molar-refractivity contribution in [2.24, 2.45) is 0 Å². The lowest BCUT2D eigenvalue weighted by Crippen LogP contribution is -2.48. The van der Waals surface area contributed by atoms with Gasteiger partial charge in [-0.25, -0.2) is 0 Å². The van der Waals surface area contributed by atoms with Crippen LogP contribution in [-0.4, -0.2) is 47.5 Å². The Hall–Kier alpha value is -0.220. The molecular formula is C10H20N2OS. The van der Waals surface area contributed by atoms with Crippen LogP contribution in [0.5, 0.6) is 0 Å². The third-order valence-corrected chi connectivity index (χ3v) is 3.41. The van der Waals surface area contributed by atoms with Gasteiger partial charge >= 0.3 is 0 Å². The van der Waals surface area contributed by atoms with Gasteiger partial charge in [0.25, 0.3) is 0 Å². The lowest BCUT2D eigenvalue weighted by molar-refractivity contribution is -0.130. The lowest BCUT2D eigenvalue weighted by atomic mass is 10.3. The molecule has 1 amide bonds. The van der Waals surface area contributed by atoms with E-state index in [1.165, 1.54) is 0 Å². The Labute approximate surface area is 90.6 Å². The van der Waals surface area contributed by atoms with Crippen molar-refractivity contribution >= 4 is 17.7 Å². The Morgan fingerprint density at radius 3 is 2.36 bits per heavy atom. The topological polar surface area (TPSA) is 32.3 Å². The highest BCUT2D eigenvalue weighted by atomic mass is 32.2. The monoisotopic (exact) mass is 216 g/mol. The van der Waals surface area contributed by atoms with Crippen LogP contribution < -0.4 is 5.32 Å². The molecule has 0 aromatic heterocycles. The first kappa shape index (κ1) is 11.9. The summed E-state index contributed by atoms with van der Waals surface area (Å²) in [5.74, 6) is 0.296. The van der Waals surface area contributed by atoms with Crippen LogP contribution >= 0.6 is 11.8 Å². The quantitative estimate of drug-likeness (QED) is 0.762. The van der Waals surface area contributed by atoms with Crippen molar-refractivity contribution in [3.05, 3.63) is 0 Å². The fourth-order valence-corrected chi connectivity index (χ4v) is 2.69. The van der Waals surface area contributed by atoms with Gasteiger partial charge in [0.1, 0.15) is 0 Å². The van der Waals surface area contributed by atoms with Gasteiger partial charge in [0, 0.05) is 26.2 Å². The number of hydrogen-bond acceptors (Lipinski definition) is 3. The number of rotatable bonds is 3. The van der Waals surface area contributed by atoms with Crippen LogP contribution in [0.3, 0.4) is 0 Å². The molecule has 0 spiro atoms. The largest absolute Gasteiger partial charge is 0.339 e. The molecule has 1 saturated heterocycles. The molecule has 1 aliphatic heterocycles. The minimum Gasteiger partial charge on any atom is -0.339 e. The first-order valence-corrected chi connectivity index (χ1v) is 6.20. The van der Waals surface area contributed by atoms with E-state index in [4.69, 9.17) is 0 Å². The zero-order valence-electron chi connectivity index (χ0n) is 9.25. The van der Waals surface area contributed by atoms with Gasteiger partial charge in [0.05, 0.1) is 5.25 Å². The highest BCUT2D eigenvalue weighted by Crippen LogP contribution is 2.18.